The van der Waals surface area contributed by atoms with Gasteiger partial charge in [-0.25, -0.2) is 4.98 Å². The number of carbonyl (C=O) groups is 1. The number of aryl methyl sites for hydroxylation is 2. The second kappa shape index (κ2) is 8.63. The van der Waals surface area contributed by atoms with Crippen molar-refractivity contribution in [2.45, 2.75) is 20.3 Å². The Morgan fingerprint density at radius 3 is 2.58 bits per heavy atom. The molecule has 1 amide bonds. The monoisotopic (exact) mass is 366 g/mol. The molecule has 0 saturated heterocycles. The molecule has 0 bridgehead atoms. The summed E-state index contributed by atoms with van der Waals surface area (Å²) in [6.45, 7) is 4.69. The lowest BCUT2D eigenvalue weighted by molar-refractivity contribution is -0.123. The van der Waals surface area contributed by atoms with Crippen LogP contribution in [-0.2, 0) is 11.2 Å². The number of thiazole rings is 1. The highest BCUT2D eigenvalue weighted by molar-refractivity contribution is 7.13. The molecule has 5 heteroatoms. The van der Waals surface area contributed by atoms with E-state index in [1.807, 2.05) is 48.7 Å². The van der Waals surface area contributed by atoms with E-state index in [1.54, 1.807) is 11.3 Å². The molecule has 3 aromatic rings. The van der Waals surface area contributed by atoms with Crippen LogP contribution in [0.5, 0.6) is 5.75 Å². The third kappa shape index (κ3) is 4.92. The maximum absolute atomic E-state index is 11.9. The number of rotatable bonds is 7. The Hall–Kier alpha value is -2.66. The van der Waals surface area contributed by atoms with Gasteiger partial charge in [0.15, 0.2) is 6.61 Å². The van der Waals surface area contributed by atoms with Crippen molar-refractivity contribution in [2.75, 3.05) is 13.2 Å². The summed E-state index contributed by atoms with van der Waals surface area (Å²) in [5, 5.41) is 5.91. The summed E-state index contributed by atoms with van der Waals surface area (Å²) in [6.07, 6.45) is 0.820. The smallest absolute Gasteiger partial charge is 0.257 e. The molecular weight excluding hydrogens is 344 g/mol. The predicted octanol–water partition coefficient (Wildman–Crippen LogP) is 4.16. The fourth-order valence-corrected chi connectivity index (χ4v) is 3.41. The van der Waals surface area contributed by atoms with Gasteiger partial charge in [0.1, 0.15) is 10.8 Å². The lowest BCUT2D eigenvalue weighted by Gasteiger charge is -2.09. The molecule has 1 aromatic heterocycles. The zero-order valence-electron chi connectivity index (χ0n) is 15.0. The third-order valence-electron chi connectivity index (χ3n) is 4.07. The van der Waals surface area contributed by atoms with E-state index < -0.39 is 0 Å². The molecule has 2 aromatic carbocycles. The summed E-state index contributed by atoms with van der Waals surface area (Å²) < 4.78 is 5.56. The van der Waals surface area contributed by atoms with Crippen molar-refractivity contribution in [3.05, 3.63) is 70.7 Å². The molecule has 0 fully saturated rings. The first kappa shape index (κ1) is 18.1. The standard InChI is InChI=1S/C21H22N2O2S/c1-15-5-3-4-6-17(15)11-12-22-20(24)13-25-19-9-7-18(8-10-19)21-23-16(2)14-26-21/h3-10,14H,11-13H2,1-2H3,(H,22,24). The van der Waals surface area contributed by atoms with Crippen LogP contribution >= 0.6 is 11.3 Å². The highest BCUT2D eigenvalue weighted by Crippen LogP contribution is 2.25. The first-order valence-corrected chi connectivity index (χ1v) is 9.46. The van der Waals surface area contributed by atoms with Gasteiger partial charge >= 0.3 is 0 Å². The van der Waals surface area contributed by atoms with Crippen LogP contribution in [0.3, 0.4) is 0 Å². The molecule has 0 saturated carbocycles. The molecule has 0 atom stereocenters. The molecule has 0 aliphatic rings. The van der Waals surface area contributed by atoms with Gasteiger partial charge in [-0.15, -0.1) is 11.3 Å². The number of ether oxygens (including phenoxy) is 1. The molecule has 4 nitrogen and oxygen atoms in total. The minimum Gasteiger partial charge on any atom is -0.484 e. The van der Waals surface area contributed by atoms with E-state index in [9.17, 15) is 4.79 Å². The molecule has 0 aliphatic carbocycles. The Balaban J connectivity index is 1.43. The van der Waals surface area contributed by atoms with E-state index in [2.05, 4.69) is 29.4 Å². The van der Waals surface area contributed by atoms with E-state index in [4.69, 9.17) is 4.74 Å². The van der Waals surface area contributed by atoms with E-state index in [-0.39, 0.29) is 12.5 Å². The SMILES string of the molecule is Cc1csc(-c2ccc(OCC(=O)NCCc3ccccc3C)cc2)n1. The number of aromatic nitrogens is 1. The van der Waals surface area contributed by atoms with Gasteiger partial charge in [-0.1, -0.05) is 24.3 Å². The first-order chi connectivity index (χ1) is 12.6. The number of amides is 1. The molecule has 0 unspecified atom stereocenters. The van der Waals surface area contributed by atoms with E-state index in [0.29, 0.717) is 12.3 Å². The van der Waals surface area contributed by atoms with E-state index >= 15 is 0 Å². The Morgan fingerprint density at radius 1 is 1.12 bits per heavy atom. The summed E-state index contributed by atoms with van der Waals surface area (Å²) in [5.74, 6) is 0.564. The predicted molar refractivity (Wildman–Crippen MR) is 106 cm³/mol. The van der Waals surface area contributed by atoms with Crippen LogP contribution in [0.2, 0.25) is 0 Å². The molecule has 0 aliphatic heterocycles. The van der Waals surface area contributed by atoms with Gasteiger partial charge in [0.25, 0.3) is 5.91 Å². The highest BCUT2D eigenvalue weighted by Gasteiger charge is 2.05. The lowest BCUT2D eigenvalue weighted by atomic mass is 10.1. The highest BCUT2D eigenvalue weighted by atomic mass is 32.1. The zero-order chi connectivity index (χ0) is 18.4. The second-order valence-corrected chi connectivity index (χ2v) is 6.99. The van der Waals surface area contributed by atoms with Gasteiger partial charge in [-0.3, -0.25) is 4.79 Å². The molecule has 3 rings (SSSR count). The number of carbonyl (C=O) groups excluding carboxylic acids is 1. The van der Waals surface area contributed by atoms with Gasteiger partial charge < -0.3 is 10.1 Å². The van der Waals surface area contributed by atoms with Gasteiger partial charge in [0.05, 0.1) is 0 Å². The Morgan fingerprint density at radius 2 is 1.88 bits per heavy atom. The average Bonchev–Trinajstić information content (AvgIpc) is 3.08. The minimum atomic E-state index is -0.113. The molecule has 1 N–H and O–H groups in total. The summed E-state index contributed by atoms with van der Waals surface area (Å²) in [4.78, 5) is 16.4. The Kier molecular flexibility index (Phi) is 6.02. The summed E-state index contributed by atoms with van der Waals surface area (Å²) in [6, 6.07) is 15.9. The van der Waals surface area contributed by atoms with Crippen LogP contribution < -0.4 is 10.1 Å². The fourth-order valence-electron chi connectivity index (χ4n) is 2.61. The Labute approximate surface area is 157 Å². The van der Waals surface area contributed by atoms with Crippen LogP contribution in [-0.4, -0.2) is 24.0 Å². The minimum absolute atomic E-state index is 0.0173. The summed E-state index contributed by atoms with van der Waals surface area (Å²) >= 11 is 1.62. The van der Waals surface area contributed by atoms with Crippen molar-refractivity contribution in [1.82, 2.24) is 10.3 Å². The Bertz CT molecular complexity index is 872. The van der Waals surface area contributed by atoms with Gasteiger partial charge in [0.2, 0.25) is 0 Å². The quantitative estimate of drug-likeness (QED) is 0.683. The van der Waals surface area contributed by atoms with Crippen LogP contribution in [0.1, 0.15) is 16.8 Å². The van der Waals surface area contributed by atoms with Crippen molar-refractivity contribution in [2.24, 2.45) is 0 Å². The fraction of sp³-hybridized carbons (Fsp3) is 0.238. The number of hydrogen-bond donors (Lipinski definition) is 1. The third-order valence-corrected chi connectivity index (χ3v) is 5.08. The summed E-state index contributed by atoms with van der Waals surface area (Å²) in [7, 11) is 0. The van der Waals surface area contributed by atoms with Crippen molar-refractivity contribution in [1.29, 1.82) is 0 Å². The van der Waals surface area contributed by atoms with Crippen LogP contribution in [0, 0.1) is 13.8 Å². The maximum Gasteiger partial charge on any atom is 0.257 e. The second-order valence-electron chi connectivity index (χ2n) is 6.13. The van der Waals surface area contributed by atoms with Gasteiger partial charge in [0, 0.05) is 23.2 Å². The number of nitrogens with one attached hydrogen (secondary N) is 1. The molecular formula is C21H22N2O2S. The van der Waals surface area contributed by atoms with Crippen molar-refractivity contribution >= 4 is 17.2 Å². The van der Waals surface area contributed by atoms with Crippen LogP contribution in [0.25, 0.3) is 10.6 Å². The van der Waals surface area contributed by atoms with Crippen molar-refractivity contribution in [3.8, 4) is 16.3 Å². The number of nitrogens with zero attached hydrogens (tertiary/aromatic N) is 1. The molecule has 1 heterocycles. The number of benzene rings is 2. The van der Waals surface area contributed by atoms with E-state index in [0.717, 1.165) is 22.7 Å². The topological polar surface area (TPSA) is 51.2 Å². The van der Waals surface area contributed by atoms with Gasteiger partial charge in [-0.05, 0) is 55.7 Å². The van der Waals surface area contributed by atoms with Crippen molar-refractivity contribution < 1.29 is 9.53 Å². The zero-order valence-corrected chi connectivity index (χ0v) is 15.8. The first-order valence-electron chi connectivity index (χ1n) is 8.58. The van der Waals surface area contributed by atoms with Crippen LogP contribution in [0.15, 0.2) is 53.9 Å². The van der Waals surface area contributed by atoms with E-state index in [1.165, 1.54) is 11.1 Å². The molecule has 134 valence electrons. The number of hydrogen-bond acceptors (Lipinski definition) is 4. The van der Waals surface area contributed by atoms with Crippen LogP contribution in [0.4, 0.5) is 0 Å². The molecule has 0 spiro atoms. The normalized spacial score (nSPS) is 10.5. The largest absolute Gasteiger partial charge is 0.484 e. The van der Waals surface area contributed by atoms with Gasteiger partial charge in [-0.2, -0.15) is 0 Å². The lowest BCUT2D eigenvalue weighted by Crippen LogP contribution is -2.30. The molecule has 26 heavy (non-hydrogen) atoms. The maximum atomic E-state index is 11.9. The molecule has 0 radical (unpaired) electrons. The van der Waals surface area contributed by atoms with Crippen molar-refractivity contribution in [3.63, 3.8) is 0 Å². The summed E-state index contributed by atoms with van der Waals surface area (Å²) in [5.41, 5.74) is 4.57. The average molecular weight is 366 g/mol.